The van der Waals surface area contributed by atoms with E-state index < -0.39 is 8.25 Å². The molecule has 1 unspecified atom stereocenters. The molecule has 0 aliphatic heterocycles. The van der Waals surface area contributed by atoms with E-state index in [2.05, 4.69) is 15.2 Å². The maximum absolute atomic E-state index is 8.83. The van der Waals surface area contributed by atoms with Gasteiger partial charge in [0.15, 0.2) is 5.82 Å². The highest BCUT2D eigenvalue weighted by molar-refractivity contribution is 7.30. The number of aliphatic hydroxyl groups is 1. The Bertz CT molecular complexity index is 234. The lowest BCUT2D eigenvalue weighted by Gasteiger charge is -1.95. The first-order chi connectivity index (χ1) is 6.02. The molecule has 1 aromatic rings. The average Bonchev–Trinajstić information content (AvgIpc) is 2.36. The fraction of sp³-hybridized carbons (Fsp3) is 0.600. The van der Waals surface area contributed by atoms with Crippen molar-refractivity contribution in [2.45, 2.75) is 19.4 Å². The Morgan fingerprint density at radius 2 is 2.23 bits per heavy atom. The van der Waals surface area contributed by atoms with Crippen molar-refractivity contribution in [3.8, 4) is 0 Å². The van der Waals surface area contributed by atoms with Crippen LogP contribution >= 0.6 is 8.25 Å². The summed E-state index contributed by atoms with van der Waals surface area (Å²) in [5.74, 6) is 0.657. The van der Waals surface area contributed by atoms with Crippen molar-refractivity contribution in [1.82, 2.24) is 15.2 Å². The number of aromatic amines is 1. The Morgan fingerprint density at radius 3 is 2.54 bits per heavy atom. The molecular formula is C5H12N3O4P. The molecule has 0 saturated carbocycles. The molecule has 0 aliphatic rings. The summed E-state index contributed by atoms with van der Waals surface area (Å²) in [5, 5.41) is 15.2. The maximum Gasteiger partial charge on any atom is 0.314 e. The minimum absolute atomic E-state index is 0.360. The van der Waals surface area contributed by atoms with Crippen molar-refractivity contribution in [1.29, 1.82) is 0 Å². The molecule has 0 bridgehead atoms. The van der Waals surface area contributed by atoms with E-state index in [0.717, 1.165) is 0 Å². The van der Waals surface area contributed by atoms with Crippen LogP contribution in [0.4, 0.5) is 0 Å². The van der Waals surface area contributed by atoms with Crippen LogP contribution in [-0.2, 0) is 11.0 Å². The van der Waals surface area contributed by atoms with Gasteiger partial charge in [-0.05, 0) is 6.92 Å². The molecule has 4 N–H and O–H groups in total. The topological polar surface area (TPSA) is 119 Å². The van der Waals surface area contributed by atoms with Crippen molar-refractivity contribution in [3.05, 3.63) is 12.2 Å². The molecule has 8 heteroatoms. The number of aliphatic hydroxyl groups excluding tert-OH is 1. The van der Waals surface area contributed by atoms with Gasteiger partial charge in [0, 0.05) is 6.42 Å². The van der Waals surface area contributed by atoms with Gasteiger partial charge >= 0.3 is 8.25 Å². The van der Waals surface area contributed by atoms with Crippen molar-refractivity contribution in [3.63, 3.8) is 0 Å². The summed E-state index contributed by atoms with van der Waals surface area (Å²) in [6, 6.07) is 0. The molecule has 1 aromatic heterocycles. The summed E-state index contributed by atoms with van der Waals surface area (Å²) in [6.45, 7) is 1.70. The van der Waals surface area contributed by atoms with Crippen LogP contribution in [0.1, 0.15) is 12.7 Å². The molecule has 0 aromatic carbocycles. The largest absolute Gasteiger partial charge is 0.393 e. The van der Waals surface area contributed by atoms with E-state index in [1.165, 1.54) is 6.33 Å². The second-order valence-electron chi connectivity index (χ2n) is 2.25. The zero-order chi connectivity index (χ0) is 10.3. The Kier molecular flexibility index (Phi) is 6.34. The third-order valence-corrected chi connectivity index (χ3v) is 0.943. The number of H-pyrrole nitrogens is 1. The number of hydrogen-bond acceptors (Lipinski definition) is 4. The first kappa shape index (κ1) is 12.2. The van der Waals surface area contributed by atoms with Gasteiger partial charge in [0.2, 0.25) is 0 Å². The summed E-state index contributed by atoms with van der Waals surface area (Å²) in [6.07, 6.45) is 1.65. The Balaban J connectivity index is 0.000000310. The lowest BCUT2D eigenvalue weighted by molar-refractivity contribution is 0.193. The SMILES string of the molecule is CC(O)Cc1nc[nH]n1.O=[PH](O)O. The molecule has 0 amide bonds. The molecule has 0 aliphatic carbocycles. The second-order valence-corrected chi connectivity index (χ2v) is 2.82. The van der Waals surface area contributed by atoms with Gasteiger partial charge in [0.25, 0.3) is 0 Å². The van der Waals surface area contributed by atoms with Crippen molar-refractivity contribution < 1.29 is 19.5 Å². The van der Waals surface area contributed by atoms with Crippen LogP contribution in [0, 0.1) is 0 Å². The van der Waals surface area contributed by atoms with Crippen molar-refractivity contribution >= 4 is 8.25 Å². The van der Waals surface area contributed by atoms with Crippen LogP contribution in [-0.4, -0.2) is 36.2 Å². The Morgan fingerprint density at radius 1 is 1.69 bits per heavy atom. The molecular weight excluding hydrogens is 197 g/mol. The van der Waals surface area contributed by atoms with E-state index >= 15 is 0 Å². The standard InChI is InChI=1S/C5H9N3O.H3O3P/c1-4(9)2-5-6-3-7-8-5;1-4(2)3/h3-4,9H,2H2,1H3,(H,6,7,8);4H,(H2,1,2,3). The summed E-state index contributed by atoms with van der Waals surface area (Å²) >= 11 is 0. The highest BCUT2D eigenvalue weighted by atomic mass is 31.1. The third-order valence-electron chi connectivity index (χ3n) is 0.943. The fourth-order valence-corrected chi connectivity index (χ4v) is 0.598. The minimum atomic E-state index is -3.13. The molecule has 0 fully saturated rings. The van der Waals surface area contributed by atoms with Crippen LogP contribution in [0.15, 0.2) is 6.33 Å². The van der Waals surface area contributed by atoms with Gasteiger partial charge in [-0.25, -0.2) is 4.98 Å². The highest BCUT2D eigenvalue weighted by Crippen LogP contribution is 1.98. The lowest BCUT2D eigenvalue weighted by Crippen LogP contribution is -2.05. The Labute approximate surface area is 75.4 Å². The van der Waals surface area contributed by atoms with Crippen LogP contribution in [0.5, 0.6) is 0 Å². The molecule has 0 radical (unpaired) electrons. The summed E-state index contributed by atoms with van der Waals surface area (Å²) in [5.41, 5.74) is 0. The molecule has 1 atom stereocenters. The monoisotopic (exact) mass is 209 g/mol. The highest BCUT2D eigenvalue weighted by Gasteiger charge is 1.99. The summed E-state index contributed by atoms with van der Waals surface area (Å²) in [4.78, 5) is 18.1. The number of rotatable bonds is 2. The van der Waals surface area contributed by atoms with Gasteiger partial charge in [-0.2, -0.15) is 5.10 Å². The van der Waals surface area contributed by atoms with Gasteiger partial charge < -0.3 is 14.9 Å². The molecule has 0 saturated heterocycles. The first-order valence-electron chi connectivity index (χ1n) is 3.47. The molecule has 0 spiro atoms. The normalized spacial score (nSPS) is 12.1. The Hall–Kier alpha value is -0.750. The van der Waals surface area contributed by atoms with Gasteiger partial charge in [0.1, 0.15) is 6.33 Å². The van der Waals surface area contributed by atoms with Crippen LogP contribution < -0.4 is 0 Å². The van der Waals surface area contributed by atoms with E-state index in [1.54, 1.807) is 6.92 Å². The van der Waals surface area contributed by atoms with Crippen LogP contribution in [0.2, 0.25) is 0 Å². The number of nitrogens with zero attached hydrogens (tertiary/aromatic N) is 2. The average molecular weight is 209 g/mol. The zero-order valence-corrected chi connectivity index (χ0v) is 8.01. The summed E-state index contributed by atoms with van der Waals surface area (Å²) in [7, 11) is -3.13. The minimum Gasteiger partial charge on any atom is -0.393 e. The van der Waals surface area contributed by atoms with E-state index in [4.69, 9.17) is 19.5 Å². The third kappa shape index (κ3) is 9.16. The predicted octanol–water partition coefficient (Wildman–Crippen LogP) is -0.911. The van der Waals surface area contributed by atoms with E-state index in [9.17, 15) is 0 Å². The van der Waals surface area contributed by atoms with E-state index in [1.807, 2.05) is 0 Å². The predicted molar refractivity (Wildman–Crippen MR) is 45.2 cm³/mol. The zero-order valence-electron chi connectivity index (χ0n) is 7.01. The maximum atomic E-state index is 8.83. The van der Waals surface area contributed by atoms with Crippen molar-refractivity contribution in [2.75, 3.05) is 0 Å². The van der Waals surface area contributed by atoms with Gasteiger partial charge in [-0.1, -0.05) is 0 Å². The van der Waals surface area contributed by atoms with Crippen molar-refractivity contribution in [2.24, 2.45) is 0 Å². The lowest BCUT2D eigenvalue weighted by atomic mass is 10.3. The number of hydrogen-bond donors (Lipinski definition) is 4. The van der Waals surface area contributed by atoms with Gasteiger partial charge in [-0.15, -0.1) is 0 Å². The summed E-state index contributed by atoms with van der Waals surface area (Å²) < 4.78 is 8.74. The molecule has 1 heterocycles. The van der Waals surface area contributed by atoms with Gasteiger partial charge in [-0.3, -0.25) is 9.66 Å². The quantitative estimate of drug-likeness (QED) is 0.468. The van der Waals surface area contributed by atoms with E-state index in [-0.39, 0.29) is 6.10 Å². The van der Waals surface area contributed by atoms with Crippen LogP contribution in [0.25, 0.3) is 0 Å². The molecule has 13 heavy (non-hydrogen) atoms. The first-order valence-corrected chi connectivity index (χ1v) is 4.77. The molecule has 1 rings (SSSR count). The number of nitrogens with one attached hydrogen (secondary N) is 1. The van der Waals surface area contributed by atoms with E-state index in [0.29, 0.717) is 12.2 Å². The van der Waals surface area contributed by atoms with Gasteiger partial charge in [0.05, 0.1) is 6.10 Å². The second kappa shape index (κ2) is 6.73. The molecule has 76 valence electrons. The smallest absolute Gasteiger partial charge is 0.314 e. The molecule has 7 nitrogen and oxygen atoms in total. The fourth-order valence-electron chi connectivity index (χ4n) is 0.598. The number of aromatic nitrogens is 3. The van der Waals surface area contributed by atoms with Crippen LogP contribution in [0.3, 0.4) is 0 Å².